The van der Waals surface area contributed by atoms with E-state index >= 15 is 0 Å². The van der Waals surface area contributed by atoms with E-state index in [9.17, 15) is 5.11 Å². The molecule has 0 amide bonds. The van der Waals surface area contributed by atoms with E-state index in [0.717, 1.165) is 13.1 Å². The van der Waals surface area contributed by atoms with Crippen molar-refractivity contribution >= 4 is 0 Å². The smallest absolute Gasteiger partial charge is 0.203 e. The van der Waals surface area contributed by atoms with Crippen molar-refractivity contribution in [1.82, 2.24) is 4.90 Å². The van der Waals surface area contributed by atoms with Crippen LogP contribution in [0, 0.1) is 0 Å². The average molecular weight is 325 g/mol. The minimum atomic E-state index is -0.595. The summed E-state index contributed by atoms with van der Waals surface area (Å²) in [6.07, 6.45) is -0.232. The van der Waals surface area contributed by atoms with Crippen LogP contribution in [0.5, 0.6) is 17.2 Å². The lowest BCUT2D eigenvalue weighted by atomic mass is 10.2. The van der Waals surface area contributed by atoms with Gasteiger partial charge in [-0.1, -0.05) is 6.07 Å². The number of benzene rings is 1. The first-order valence-electron chi connectivity index (χ1n) is 7.93. The van der Waals surface area contributed by atoms with Crippen LogP contribution < -0.4 is 14.2 Å². The number of hydrogen-bond donors (Lipinski definition) is 1. The predicted molar refractivity (Wildman–Crippen MR) is 87.5 cm³/mol. The first-order chi connectivity index (χ1) is 11.0. The van der Waals surface area contributed by atoms with Gasteiger partial charge in [0, 0.05) is 19.6 Å². The van der Waals surface area contributed by atoms with Crippen LogP contribution in [0.25, 0.3) is 0 Å². The van der Waals surface area contributed by atoms with Crippen LogP contribution in [0.2, 0.25) is 0 Å². The summed E-state index contributed by atoms with van der Waals surface area (Å²) in [6.45, 7) is 6.46. The molecular formula is C17H27NO5. The van der Waals surface area contributed by atoms with E-state index in [1.807, 2.05) is 19.9 Å². The summed E-state index contributed by atoms with van der Waals surface area (Å²) >= 11 is 0. The lowest BCUT2D eigenvalue weighted by Crippen LogP contribution is -2.48. The minimum Gasteiger partial charge on any atom is -0.493 e. The Morgan fingerprint density at radius 3 is 2.26 bits per heavy atom. The number of morpholine rings is 1. The van der Waals surface area contributed by atoms with E-state index in [2.05, 4.69) is 4.90 Å². The third kappa shape index (κ3) is 4.99. The molecule has 23 heavy (non-hydrogen) atoms. The Bertz CT molecular complexity index is 464. The van der Waals surface area contributed by atoms with Gasteiger partial charge in [-0.3, -0.25) is 4.90 Å². The van der Waals surface area contributed by atoms with Gasteiger partial charge in [0.1, 0.15) is 12.7 Å². The number of aliphatic hydroxyl groups is 1. The van der Waals surface area contributed by atoms with Crippen molar-refractivity contribution in [3.63, 3.8) is 0 Å². The summed E-state index contributed by atoms with van der Waals surface area (Å²) in [5, 5.41) is 10.3. The molecule has 1 saturated heterocycles. The average Bonchev–Trinajstić information content (AvgIpc) is 2.51. The van der Waals surface area contributed by atoms with Gasteiger partial charge in [0.2, 0.25) is 5.75 Å². The Kier molecular flexibility index (Phi) is 6.50. The van der Waals surface area contributed by atoms with E-state index < -0.39 is 6.10 Å². The predicted octanol–water partition coefficient (Wildman–Crippen LogP) is 1.55. The van der Waals surface area contributed by atoms with Crippen molar-refractivity contribution in [2.75, 3.05) is 40.5 Å². The first kappa shape index (κ1) is 17.8. The summed E-state index contributed by atoms with van der Waals surface area (Å²) in [5.41, 5.74) is 0. The maximum absolute atomic E-state index is 10.3. The van der Waals surface area contributed by atoms with Gasteiger partial charge >= 0.3 is 0 Å². The van der Waals surface area contributed by atoms with Crippen molar-refractivity contribution in [1.29, 1.82) is 0 Å². The molecule has 1 aliphatic rings. The number of aliphatic hydroxyl groups excluding tert-OH is 1. The largest absolute Gasteiger partial charge is 0.493 e. The number of rotatable bonds is 7. The number of ether oxygens (including phenoxy) is 4. The molecule has 0 unspecified atom stereocenters. The molecule has 0 saturated carbocycles. The summed E-state index contributed by atoms with van der Waals surface area (Å²) in [7, 11) is 3.16. The number of para-hydroxylation sites is 1. The van der Waals surface area contributed by atoms with Crippen LogP contribution >= 0.6 is 0 Å². The van der Waals surface area contributed by atoms with Crippen molar-refractivity contribution in [2.45, 2.75) is 32.2 Å². The molecule has 1 aromatic carbocycles. The van der Waals surface area contributed by atoms with Gasteiger partial charge in [0.05, 0.1) is 26.4 Å². The van der Waals surface area contributed by atoms with E-state index in [4.69, 9.17) is 18.9 Å². The van der Waals surface area contributed by atoms with Crippen LogP contribution in [0.15, 0.2) is 18.2 Å². The van der Waals surface area contributed by atoms with E-state index in [1.54, 1.807) is 26.4 Å². The van der Waals surface area contributed by atoms with Gasteiger partial charge in [-0.25, -0.2) is 0 Å². The molecule has 1 N–H and O–H groups in total. The maximum Gasteiger partial charge on any atom is 0.203 e. The maximum atomic E-state index is 10.3. The Labute approximate surface area is 137 Å². The Morgan fingerprint density at radius 1 is 1.17 bits per heavy atom. The van der Waals surface area contributed by atoms with Crippen molar-refractivity contribution in [2.24, 2.45) is 0 Å². The molecule has 6 nitrogen and oxygen atoms in total. The minimum absolute atomic E-state index is 0.177. The van der Waals surface area contributed by atoms with Crippen molar-refractivity contribution in [3.8, 4) is 17.2 Å². The summed E-state index contributed by atoms with van der Waals surface area (Å²) in [6, 6.07) is 5.43. The van der Waals surface area contributed by atoms with Crippen LogP contribution in [-0.4, -0.2) is 68.8 Å². The van der Waals surface area contributed by atoms with Crippen LogP contribution in [0.4, 0.5) is 0 Å². The Morgan fingerprint density at radius 2 is 1.74 bits per heavy atom. The first-order valence-corrected chi connectivity index (χ1v) is 7.93. The Hall–Kier alpha value is -1.50. The van der Waals surface area contributed by atoms with Crippen LogP contribution in [0.3, 0.4) is 0 Å². The van der Waals surface area contributed by atoms with Gasteiger partial charge in [-0.15, -0.1) is 0 Å². The molecule has 0 bridgehead atoms. The highest BCUT2D eigenvalue weighted by molar-refractivity contribution is 5.51. The molecule has 0 spiro atoms. The van der Waals surface area contributed by atoms with Gasteiger partial charge in [-0.05, 0) is 26.0 Å². The molecule has 0 radical (unpaired) electrons. The fourth-order valence-electron chi connectivity index (χ4n) is 2.92. The number of hydrogen-bond acceptors (Lipinski definition) is 6. The van der Waals surface area contributed by atoms with Crippen LogP contribution in [0.1, 0.15) is 13.8 Å². The number of nitrogens with zero attached hydrogens (tertiary/aromatic N) is 1. The molecule has 1 aliphatic heterocycles. The second-order valence-corrected chi connectivity index (χ2v) is 5.93. The molecule has 6 heteroatoms. The fourth-order valence-corrected chi connectivity index (χ4v) is 2.92. The highest BCUT2D eigenvalue weighted by atomic mass is 16.5. The lowest BCUT2D eigenvalue weighted by molar-refractivity contribution is -0.0787. The number of methoxy groups -OCH3 is 2. The topological polar surface area (TPSA) is 60.4 Å². The summed E-state index contributed by atoms with van der Waals surface area (Å²) in [4.78, 5) is 2.20. The normalized spacial score (nSPS) is 23.3. The highest BCUT2D eigenvalue weighted by Gasteiger charge is 2.24. The van der Waals surface area contributed by atoms with E-state index in [0.29, 0.717) is 23.8 Å². The fraction of sp³-hybridized carbons (Fsp3) is 0.647. The van der Waals surface area contributed by atoms with E-state index in [1.165, 1.54) is 0 Å². The zero-order chi connectivity index (χ0) is 16.8. The number of β-amino-alcohol motifs (C(OH)–C–C–N with tert-alkyl or cyclic N) is 1. The zero-order valence-corrected chi connectivity index (χ0v) is 14.3. The summed E-state index contributed by atoms with van der Waals surface area (Å²) < 4.78 is 22.0. The molecule has 1 fully saturated rings. The lowest BCUT2D eigenvalue weighted by Gasteiger charge is -2.36. The standard InChI is InChI=1S/C17H27NO5/c1-12-8-18(9-13(2)23-12)10-14(19)11-22-17-15(20-3)6-5-7-16(17)21-4/h5-7,12-14,19H,8-11H2,1-4H3/t12-,13-,14-/m1/s1. The zero-order valence-electron chi connectivity index (χ0n) is 14.3. The van der Waals surface area contributed by atoms with Crippen molar-refractivity contribution < 1.29 is 24.1 Å². The highest BCUT2D eigenvalue weighted by Crippen LogP contribution is 2.36. The second-order valence-electron chi connectivity index (χ2n) is 5.93. The van der Waals surface area contributed by atoms with E-state index in [-0.39, 0.29) is 18.8 Å². The van der Waals surface area contributed by atoms with Gasteiger partial charge in [-0.2, -0.15) is 0 Å². The third-order valence-corrected chi connectivity index (χ3v) is 3.77. The summed E-state index contributed by atoms with van der Waals surface area (Å²) in [5.74, 6) is 1.69. The van der Waals surface area contributed by atoms with Gasteiger partial charge in [0.15, 0.2) is 11.5 Å². The second kappa shape index (κ2) is 8.38. The quantitative estimate of drug-likeness (QED) is 0.821. The SMILES string of the molecule is COc1cccc(OC)c1OC[C@H](O)CN1C[C@@H](C)O[C@H](C)C1. The van der Waals surface area contributed by atoms with Crippen molar-refractivity contribution in [3.05, 3.63) is 18.2 Å². The Balaban J connectivity index is 1.90. The molecule has 0 aliphatic carbocycles. The van der Waals surface area contributed by atoms with Crippen LogP contribution in [-0.2, 0) is 4.74 Å². The molecule has 3 atom stereocenters. The third-order valence-electron chi connectivity index (χ3n) is 3.77. The molecule has 2 rings (SSSR count). The van der Waals surface area contributed by atoms with Gasteiger partial charge in [0.25, 0.3) is 0 Å². The monoisotopic (exact) mass is 325 g/mol. The van der Waals surface area contributed by atoms with Gasteiger partial charge < -0.3 is 24.1 Å². The molecule has 1 heterocycles. The molecular weight excluding hydrogens is 298 g/mol. The molecule has 1 aromatic rings. The molecule has 0 aromatic heterocycles. The molecule has 130 valence electrons.